The molecular weight excluding hydrogens is 310 g/mol. The second kappa shape index (κ2) is 6.91. The van der Waals surface area contributed by atoms with Crippen LogP contribution in [0.5, 0.6) is 0 Å². The van der Waals surface area contributed by atoms with Crippen molar-refractivity contribution in [3.8, 4) is 0 Å². The van der Waals surface area contributed by atoms with Gasteiger partial charge in [-0.1, -0.05) is 24.4 Å². The van der Waals surface area contributed by atoms with E-state index in [2.05, 4.69) is 10.3 Å². The zero-order valence-electron chi connectivity index (χ0n) is 12.3. The van der Waals surface area contributed by atoms with Gasteiger partial charge in [0.1, 0.15) is 12.0 Å². The van der Waals surface area contributed by atoms with Crippen LogP contribution in [-0.4, -0.2) is 29.0 Å². The molecule has 1 aliphatic rings. The van der Waals surface area contributed by atoms with Gasteiger partial charge in [-0.05, 0) is 19.8 Å². The van der Waals surface area contributed by atoms with E-state index in [4.69, 9.17) is 16.3 Å². The zero-order chi connectivity index (χ0) is 16.2. The van der Waals surface area contributed by atoms with Gasteiger partial charge in [0.15, 0.2) is 0 Å². The quantitative estimate of drug-likeness (QED) is 0.490. The minimum absolute atomic E-state index is 0.159. The third-order valence-electron chi connectivity index (χ3n) is 3.90. The third-order valence-corrected chi connectivity index (χ3v) is 4.19. The van der Waals surface area contributed by atoms with Gasteiger partial charge in [0.2, 0.25) is 0 Å². The summed E-state index contributed by atoms with van der Waals surface area (Å²) in [6.45, 7) is 2.48. The number of esters is 1. The van der Waals surface area contributed by atoms with E-state index in [1.165, 1.54) is 6.07 Å². The van der Waals surface area contributed by atoms with Crippen molar-refractivity contribution in [1.29, 1.82) is 0 Å². The van der Waals surface area contributed by atoms with Crippen LogP contribution in [-0.2, 0) is 9.53 Å². The molecule has 0 aromatic carbocycles. The molecule has 0 atom stereocenters. The van der Waals surface area contributed by atoms with Gasteiger partial charge in [0, 0.05) is 12.6 Å². The average molecular weight is 328 g/mol. The molecule has 1 saturated carbocycles. The number of nitrogens with zero attached hydrogens (tertiary/aromatic N) is 2. The van der Waals surface area contributed by atoms with Gasteiger partial charge in [0.05, 0.1) is 22.0 Å². The van der Waals surface area contributed by atoms with E-state index in [9.17, 15) is 14.9 Å². The molecule has 1 heterocycles. The number of ether oxygens (including phenoxy) is 1. The largest absolute Gasteiger partial charge is 0.466 e. The molecule has 2 rings (SSSR count). The number of carbonyl (C=O) groups excluding carboxylic acids is 1. The lowest BCUT2D eigenvalue weighted by molar-refractivity contribution is -0.385. The van der Waals surface area contributed by atoms with Gasteiger partial charge in [-0.15, -0.1) is 0 Å². The van der Waals surface area contributed by atoms with Crippen LogP contribution < -0.4 is 5.32 Å². The molecule has 8 heteroatoms. The molecule has 0 bridgehead atoms. The lowest BCUT2D eigenvalue weighted by Crippen LogP contribution is -2.37. The molecular formula is C14H18ClN3O4. The van der Waals surface area contributed by atoms with Crippen LogP contribution in [0.4, 0.5) is 11.5 Å². The monoisotopic (exact) mass is 327 g/mol. The van der Waals surface area contributed by atoms with Crippen molar-refractivity contribution in [2.45, 2.75) is 32.6 Å². The number of nitro groups is 1. The highest BCUT2D eigenvalue weighted by molar-refractivity contribution is 6.33. The molecule has 1 N–H and O–H groups in total. The summed E-state index contributed by atoms with van der Waals surface area (Å²) < 4.78 is 5.18. The maximum Gasteiger partial charge on any atom is 0.313 e. The molecule has 120 valence electrons. The second-order valence-electron chi connectivity index (χ2n) is 5.34. The van der Waals surface area contributed by atoms with Gasteiger partial charge in [0.25, 0.3) is 5.69 Å². The van der Waals surface area contributed by atoms with Crippen molar-refractivity contribution in [3.05, 3.63) is 27.4 Å². The highest BCUT2D eigenvalue weighted by Gasteiger charge is 2.42. The van der Waals surface area contributed by atoms with Gasteiger partial charge in [-0.2, -0.15) is 0 Å². The third kappa shape index (κ3) is 3.47. The Labute approximate surface area is 133 Å². The molecule has 7 nitrogen and oxygen atoms in total. The summed E-state index contributed by atoms with van der Waals surface area (Å²) >= 11 is 6.00. The molecule has 22 heavy (non-hydrogen) atoms. The predicted octanol–water partition coefficient (Wildman–Crippen LogP) is 3.18. The maximum atomic E-state index is 12.2. The van der Waals surface area contributed by atoms with Crippen molar-refractivity contribution < 1.29 is 14.5 Å². The van der Waals surface area contributed by atoms with Crippen LogP contribution in [0.3, 0.4) is 0 Å². The SMILES string of the molecule is CCOC(=O)C1(CNc2ncc([N+](=O)[O-])cc2Cl)CCCC1. The number of nitrogens with one attached hydrogen (secondary N) is 1. The van der Waals surface area contributed by atoms with E-state index in [0.29, 0.717) is 19.0 Å². The molecule has 0 radical (unpaired) electrons. The van der Waals surface area contributed by atoms with E-state index in [-0.39, 0.29) is 16.7 Å². The fourth-order valence-corrected chi connectivity index (χ4v) is 2.93. The Bertz CT molecular complexity index is 573. The minimum Gasteiger partial charge on any atom is -0.466 e. The summed E-state index contributed by atoms with van der Waals surface area (Å²) in [6, 6.07) is 1.24. The molecule has 0 aliphatic heterocycles. The Hall–Kier alpha value is -1.89. The second-order valence-corrected chi connectivity index (χ2v) is 5.75. The van der Waals surface area contributed by atoms with Crippen molar-refractivity contribution in [1.82, 2.24) is 4.98 Å². The number of anilines is 1. The van der Waals surface area contributed by atoms with Gasteiger partial charge < -0.3 is 10.1 Å². The molecule has 1 fully saturated rings. The predicted molar refractivity (Wildman–Crippen MR) is 81.9 cm³/mol. The minimum atomic E-state index is -0.567. The molecule has 1 aromatic heterocycles. The summed E-state index contributed by atoms with van der Waals surface area (Å²) in [4.78, 5) is 26.3. The summed E-state index contributed by atoms with van der Waals surface area (Å²) in [6.07, 6.45) is 4.59. The van der Waals surface area contributed by atoms with Crippen LogP contribution in [0.25, 0.3) is 0 Å². The zero-order valence-corrected chi connectivity index (χ0v) is 13.1. The van der Waals surface area contributed by atoms with Crippen LogP contribution in [0.15, 0.2) is 12.3 Å². The van der Waals surface area contributed by atoms with E-state index in [0.717, 1.165) is 31.9 Å². The molecule has 0 spiro atoms. The number of aromatic nitrogens is 1. The number of carbonyl (C=O) groups is 1. The van der Waals surface area contributed by atoms with Crippen LogP contribution in [0.1, 0.15) is 32.6 Å². The molecule has 0 unspecified atom stereocenters. The normalized spacial score (nSPS) is 16.3. The summed E-state index contributed by atoms with van der Waals surface area (Å²) in [7, 11) is 0. The highest BCUT2D eigenvalue weighted by Crippen LogP contribution is 2.39. The maximum absolute atomic E-state index is 12.2. The van der Waals surface area contributed by atoms with Crippen molar-refractivity contribution >= 4 is 29.1 Å². The number of pyridine rings is 1. The Morgan fingerprint density at radius 3 is 2.77 bits per heavy atom. The molecule has 0 amide bonds. The van der Waals surface area contributed by atoms with E-state index in [1.807, 2.05) is 0 Å². The first-order chi connectivity index (χ1) is 10.5. The Balaban J connectivity index is 2.10. The van der Waals surface area contributed by atoms with E-state index >= 15 is 0 Å². The number of rotatable bonds is 6. The number of hydrogen-bond donors (Lipinski definition) is 1. The van der Waals surface area contributed by atoms with Gasteiger partial charge in [-0.3, -0.25) is 14.9 Å². The first-order valence-corrected chi connectivity index (χ1v) is 7.57. The first-order valence-electron chi connectivity index (χ1n) is 7.19. The van der Waals surface area contributed by atoms with E-state index < -0.39 is 10.3 Å². The van der Waals surface area contributed by atoms with Crippen LogP contribution >= 0.6 is 11.6 Å². The van der Waals surface area contributed by atoms with Crippen molar-refractivity contribution in [3.63, 3.8) is 0 Å². The first kappa shape index (κ1) is 16.5. The Morgan fingerprint density at radius 1 is 1.55 bits per heavy atom. The van der Waals surface area contributed by atoms with E-state index in [1.54, 1.807) is 6.92 Å². The number of halogens is 1. The molecule has 1 aromatic rings. The van der Waals surface area contributed by atoms with Gasteiger partial charge >= 0.3 is 5.97 Å². The lowest BCUT2D eigenvalue weighted by atomic mass is 9.86. The van der Waals surface area contributed by atoms with Crippen molar-refractivity contribution in [2.24, 2.45) is 5.41 Å². The van der Waals surface area contributed by atoms with Crippen LogP contribution in [0.2, 0.25) is 5.02 Å². The fourth-order valence-electron chi connectivity index (χ4n) is 2.70. The molecule has 0 saturated heterocycles. The summed E-state index contributed by atoms with van der Waals surface area (Å²) in [5, 5.41) is 13.9. The highest BCUT2D eigenvalue weighted by atomic mass is 35.5. The number of hydrogen-bond acceptors (Lipinski definition) is 6. The van der Waals surface area contributed by atoms with Crippen molar-refractivity contribution in [2.75, 3.05) is 18.5 Å². The Kier molecular flexibility index (Phi) is 5.18. The topological polar surface area (TPSA) is 94.4 Å². The fraction of sp³-hybridized carbons (Fsp3) is 0.571. The Morgan fingerprint density at radius 2 is 2.23 bits per heavy atom. The standard InChI is InChI=1S/C14H18ClN3O4/c1-2-22-13(19)14(5-3-4-6-14)9-17-12-11(15)7-10(8-16-12)18(20)21/h7-8H,2-6,9H2,1H3,(H,16,17). The molecule has 1 aliphatic carbocycles. The smallest absolute Gasteiger partial charge is 0.313 e. The summed E-state index contributed by atoms with van der Waals surface area (Å²) in [5.41, 5.74) is -0.737. The van der Waals surface area contributed by atoms with Gasteiger partial charge in [-0.25, -0.2) is 4.98 Å². The average Bonchev–Trinajstić information content (AvgIpc) is 2.96. The summed E-state index contributed by atoms with van der Waals surface area (Å²) in [5.74, 6) is 0.126. The van der Waals surface area contributed by atoms with Crippen LogP contribution in [0, 0.1) is 15.5 Å². The lowest BCUT2D eigenvalue weighted by Gasteiger charge is -2.27.